The number of hydrogen-bond donors (Lipinski definition) is 1. The SMILES string of the molecule is CCOC(=O)Cn1ncc2c1CCCC2N(c1ccc(-c2cccc([N+](=O)[O-])c2)cc1)S(=O)O. The number of non-ortho nitro benzene ring substituents is 1. The molecule has 11 heteroatoms. The van der Waals surface area contributed by atoms with E-state index in [1.54, 1.807) is 54.2 Å². The standard InChI is InChI=1S/C23H24N4O6S/c1-2-33-23(28)15-25-21-7-4-8-22(20(21)14-24-25)26(34(31)32)18-11-9-16(10-12-18)17-5-3-6-19(13-17)27(29)30/h3,5-6,9-14,22H,2,4,7-8,15H2,1H3,(H,31,32). The van der Waals surface area contributed by atoms with Crippen LogP contribution in [0.15, 0.2) is 54.7 Å². The van der Waals surface area contributed by atoms with Crippen molar-refractivity contribution < 1.29 is 23.2 Å². The molecule has 0 spiro atoms. The van der Waals surface area contributed by atoms with Crippen LogP contribution in [0.3, 0.4) is 0 Å². The molecule has 0 aliphatic heterocycles. The Balaban J connectivity index is 1.62. The van der Waals surface area contributed by atoms with Crippen LogP contribution in [0, 0.1) is 10.1 Å². The lowest BCUT2D eigenvalue weighted by atomic mass is 9.92. The van der Waals surface area contributed by atoms with Crippen molar-refractivity contribution in [2.45, 2.75) is 38.8 Å². The quantitative estimate of drug-likeness (QED) is 0.221. The molecule has 1 N–H and O–H groups in total. The normalized spacial score (nSPS) is 15.9. The summed E-state index contributed by atoms with van der Waals surface area (Å²) in [5, 5.41) is 15.4. The van der Waals surface area contributed by atoms with Gasteiger partial charge in [0.05, 0.1) is 29.5 Å². The molecule has 4 rings (SSSR count). The lowest BCUT2D eigenvalue weighted by Gasteiger charge is -2.33. The monoisotopic (exact) mass is 484 g/mol. The minimum absolute atomic E-state index is 0.00395. The Morgan fingerprint density at radius 2 is 2.06 bits per heavy atom. The zero-order valence-electron chi connectivity index (χ0n) is 18.5. The molecule has 0 radical (unpaired) electrons. The summed E-state index contributed by atoms with van der Waals surface area (Å²) in [4.78, 5) is 22.6. The highest BCUT2D eigenvalue weighted by Gasteiger charge is 2.32. The Bertz CT molecular complexity index is 1230. The van der Waals surface area contributed by atoms with Crippen LogP contribution in [0.2, 0.25) is 0 Å². The molecule has 10 nitrogen and oxygen atoms in total. The number of ether oxygens (including phenoxy) is 1. The summed E-state index contributed by atoms with van der Waals surface area (Å²) in [5.74, 6) is -0.380. The van der Waals surface area contributed by atoms with Gasteiger partial charge in [-0.3, -0.25) is 28.4 Å². The average Bonchev–Trinajstić information content (AvgIpc) is 3.23. The lowest BCUT2D eigenvalue weighted by molar-refractivity contribution is -0.384. The number of nitro benzene ring substituents is 1. The molecule has 2 unspecified atom stereocenters. The number of carbonyl (C=O) groups is 1. The first-order chi connectivity index (χ1) is 16.4. The van der Waals surface area contributed by atoms with Crippen molar-refractivity contribution in [2.75, 3.05) is 10.9 Å². The van der Waals surface area contributed by atoms with Crippen LogP contribution in [0.5, 0.6) is 0 Å². The van der Waals surface area contributed by atoms with Gasteiger partial charge in [0.25, 0.3) is 17.0 Å². The van der Waals surface area contributed by atoms with Gasteiger partial charge < -0.3 is 4.74 Å². The molecule has 1 heterocycles. The van der Waals surface area contributed by atoms with E-state index in [0.717, 1.165) is 23.2 Å². The molecule has 1 aliphatic rings. The molecule has 2 atom stereocenters. The predicted molar refractivity (Wildman–Crippen MR) is 126 cm³/mol. The number of esters is 1. The fourth-order valence-corrected chi connectivity index (χ4v) is 5.02. The summed E-state index contributed by atoms with van der Waals surface area (Å²) < 4.78 is 30.6. The second-order valence-electron chi connectivity index (χ2n) is 7.83. The second kappa shape index (κ2) is 10.1. The van der Waals surface area contributed by atoms with Crippen molar-refractivity contribution in [1.29, 1.82) is 0 Å². The Morgan fingerprint density at radius 3 is 2.74 bits per heavy atom. The van der Waals surface area contributed by atoms with Gasteiger partial charge in [0.15, 0.2) is 0 Å². The van der Waals surface area contributed by atoms with E-state index in [1.807, 2.05) is 0 Å². The molecule has 1 aromatic heterocycles. The second-order valence-corrected chi connectivity index (χ2v) is 8.68. The molecule has 0 saturated heterocycles. The van der Waals surface area contributed by atoms with E-state index >= 15 is 0 Å². The van der Waals surface area contributed by atoms with E-state index in [9.17, 15) is 23.7 Å². The Kier molecular flexibility index (Phi) is 7.03. The van der Waals surface area contributed by atoms with E-state index in [-0.39, 0.29) is 24.8 Å². The Hall–Kier alpha value is -3.57. The first kappa shape index (κ1) is 23.6. The molecule has 34 heavy (non-hydrogen) atoms. The molecule has 0 fully saturated rings. The van der Waals surface area contributed by atoms with Crippen molar-refractivity contribution in [2.24, 2.45) is 0 Å². The maximum Gasteiger partial charge on any atom is 0.327 e. The van der Waals surface area contributed by atoms with Crippen LogP contribution < -0.4 is 4.31 Å². The van der Waals surface area contributed by atoms with E-state index in [1.165, 1.54) is 16.4 Å². The molecular formula is C23H24N4O6S. The van der Waals surface area contributed by atoms with Gasteiger partial charge in [-0.1, -0.05) is 24.3 Å². The number of carbonyl (C=O) groups excluding carboxylic acids is 1. The number of fused-ring (bicyclic) bond motifs is 1. The minimum Gasteiger partial charge on any atom is -0.465 e. The van der Waals surface area contributed by atoms with Crippen molar-refractivity contribution in [1.82, 2.24) is 9.78 Å². The third kappa shape index (κ3) is 4.85. The summed E-state index contributed by atoms with van der Waals surface area (Å²) in [6.07, 6.45) is 3.78. The molecule has 1 aliphatic carbocycles. The number of rotatable bonds is 8. The topological polar surface area (TPSA) is 128 Å². The molecule has 3 aromatic rings. The summed E-state index contributed by atoms with van der Waals surface area (Å²) in [6.45, 7) is 2.02. The zero-order chi connectivity index (χ0) is 24.2. The van der Waals surface area contributed by atoms with Gasteiger partial charge in [0.2, 0.25) is 0 Å². The molecular weight excluding hydrogens is 460 g/mol. The maximum absolute atomic E-state index is 12.4. The highest BCUT2D eigenvalue weighted by Crippen LogP contribution is 2.38. The molecule has 0 saturated carbocycles. The molecule has 0 bridgehead atoms. The number of benzene rings is 2. The number of anilines is 1. The van der Waals surface area contributed by atoms with Crippen LogP contribution in [0.1, 0.15) is 37.1 Å². The van der Waals surface area contributed by atoms with Crippen molar-refractivity contribution in [3.05, 3.63) is 76.1 Å². The van der Waals surface area contributed by atoms with Crippen LogP contribution in [-0.2, 0) is 33.8 Å². The van der Waals surface area contributed by atoms with E-state index < -0.39 is 22.2 Å². The largest absolute Gasteiger partial charge is 0.465 e. The Labute approximate surface area is 198 Å². The van der Waals surface area contributed by atoms with Gasteiger partial charge in [-0.25, -0.2) is 4.21 Å². The predicted octanol–water partition coefficient (Wildman–Crippen LogP) is 4.04. The summed E-state index contributed by atoms with van der Waals surface area (Å²) in [6, 6.07) is 12.9. The van der Waals surface area contributed by atoms with Gasteiger partial charge in [-0.05, 0) is 49.4 Å². The fourth-order valence-electron chi connectivity index (χ4n) is 4.28. The fraction of sp³-hybridized carbons (Fsp3) is 0.304. The number of nitrogens with zero attached hydrogens (tertiary/aromatic N) is 4. The van der Waals surface area contributed by atoms with E-state index in [2.05, 4.69) is 5.10 Å². The van der Waals surface area contributed by atoms with E-state index in [4.69, 9.17) is 4.74 Å². The smallest absolute Gasteiger partial charge is 0.327 e. The van der Waals surface area contributed by atoms with Gasteiger partial charge in [-0.15, -0.1) is 0 Å². The average molecular weight is 485 g/mol. The number of nitro groups is 1. The van der Waals surface area contributed by atoms with Gasteiger partial charge in [-0.2, -0.15) is 5.10 Å². The lowest BCUT2D eigenvalue weighted by Crippen LogP contribution is -2.33. The maximum atomic E-state index is 12.4. The van der Waals surface area contributed by atoms with Gasteiger partial charge in [0, 0.05) is 23.4 Å². The minimum atomic E-state index is -2.31. The van der Waals surface area contributed by atoms with Crippen molar-refractivity contribution >= 4 is 28.6 Å². The molecule has 2 aromatic carbocycles. The van der Waals surface area contributed by atoms with Crippen molar-refractivity contribution in [3.63, 3.8) is 0 Å². The number of aromatic nitrogens is 2. The van der Waals surface area contributed by atoms with Crippen LogP contribution >= 0.6 is 0 Å². The van der Waals surface area contributed by atoms with Crippen molar-refractivity contribution in [3.8, 4) is 11.1 Å². The van der Waals surface area contributed by atoms with Crippen LogP contribution in [0.25, 0.3) is 11.1 Å². The Morgan fingerprint density at radius 1 is 1.29 bits per heavy atom. The summed E-state index contributed by atoms with van der Waals surface area (Å²) >= 11 is -2.31. The molecule has 0 amide bonds. The van der Waals surface area contributed by atoms with Crippen LogP contribution in [-0.4, -0.2) is 36.0 Å². The van der Waals surface area contributed by atoms with Gasteiger partial charge in [0.1, 0.15) is 6.54 Å². The summed E-state index contributed by atoms with van der Waals surface area (Å²) in [5.41, 5.74) is 3.62. The molecule has 178 valence electrons. The van der Waals surface area contributed by atoms with E-state index in [0.29, 0.717) is 24.1 Å². The first-order valence-corrected chi connectivity index (χ1v) is 11.9. The summed E-state index contributed by atoms with van der Waals surface area (Å²) in [7, 11) is 0. The highest BCUT2D eigenvalue weighted by atomic mass is 32.2. The van der Waals surface area contributed by atoms with Crippen LogP contribution in [0.4, 0.5) is 11.4 Å². The first-order valence-electron chi connectivity index (χ1n) is 10.8. The zero-order valence-corrected chi connectivity index (χ0v) is 19.3. The highest BCUT2D eigenvalue weighted by molar-refractivity contribution is 7.80. The third-order valence-corrected chi connectivity index (χ3v) is 6.58. The third-order valence-electron chi connectivity index (χ3n) is 5.78. The number of hydrogen-bond acceptors (Lipinski definition) is 6. The van der Waals surface area contributed by atoms with Gasteiger partial charge >= 0.3 is 5.97 Å².